The van der Waals surface area contributed by atoms with Gasteiger partial charge in [-0.3, -0.25) is 0 Å². The molecule has 11 heavy (non-hydrogen) atoms. The second-order valence-corrected chi connectivity index (χ2v) is 3.45. The van der Waals surface area contributed by atoms with Crippen molar-refractivity contribution in [2.24, 2.45) is 0 Å². The van der Waals surface area contributed by atoms with Crippen molar-refractivity contribution in [1.29, 1.82) is 0 Å². The van der Waals surface area contributed by atoms with E-state index in [2.05, 4.69) is 33.4 Å². The van der Waals surface area contributed by atoms with Crippen LogP contribution in [0, 0.1) is 0 Å². The zero-order valence-electron chi connectivity index (χ0n) is 7.70. The Morgan fingerprint density at radius 1 is 1.36 bits per heavy atom. The lowest BCUT2D eigenvalue weighted by Crippen LogP contribution is -1.95. The molecule has 1 rings (SSSR count). The Bertz CT molecular complexity index is 239. The summed E-state index contributed by atoms with van der Waals surface area (Å²) in [4.78, 5) is 0. The fourth-order valence-corrected chi connectivity index (χ4v) is 1.28. The first-order valence-corrected chi connectivity index (χ1v) is 4.11. The predicted octanol–water partition coefficient (Wildman–Crippen LogP) is 3.62. The smallest absolute Gasteiger partial charge is 0.00678 e. The van der Waals surface area contributed by atoms with Gasteiger partial charge in [0.2, 0.25) is 0 Å². The SMILES string of the molecule is C=C(C)C1=CCC(C)=C(C)C1. The monoisotopic (exact) mass is 148 g/mol. The Balaban J connectivity index is 2.75. The van der Waals surface area contributed by atoms with Gasteiger partial charge in [0, 0.05) is 0 Å². The summed E-state index contributed by atoms with van der Waals surface area (Å²) in [5.74, 6) is 0. The van der Waals surface area contributed by atoms with E-state index >= 15 is 0 Å². The van der Waals surface area contributed by atoms with Crippen molar-refractivity contribution < 1.29 is 0 Å². The summed E-state index contributed by atoms with van der Waals surface area (Å²) in [5, 5.41) is 0. The van der Waals surface area contributed by atoms with E-state index in [1.165, 1.54) is 22.3 Å². The molecule has 0 spiro atoms. The topological polar surface area (TPSA) is 0 Å². The average molecular weight is 148 g/mol. The molecule has 0 amide bonds. The molecule has 1 aliphatic carbocycles. The van der Waals surface area contributed by atoms with Crippen LogP contribution >= 0.6 is 0 Å². The van der Waals surface area contributed by atoms with Crippen molar-refractivity contribution in [3.05, 3.63) is 34.9 Å². The first kappa shape index (κ1) is 8.32. The van der Waals surface area contributed by atoms with Crippen molar-refractivity contribution in [3.63, 3.8) is 0 Å². The van der Waals surface area contributed by atoms with Gasteiger partial charge in [-0.15, -0.1) is 0 Å². The summed E-state index contributed by atoms with van der Waals surface area (Å²) in [6.07, 6.45) is 4.53. The number of allylic oxidation sites excluding steroid dienone is 5. The lowest BCUT2D eigenvalue weighted by Gasteiger charge is -2.15. The Kier molecular flexibility index (Phi) is 2.33. The van der Waals surface area contributed by atoms with Gasteiger partial charge in [0.1, 0.15) is 0 Å². The molecular formula is C11H16. The molecule has 0 heterocycles. The van der Waals surface area contributed by atoms with Gasteiger partial charge in [-0.2, -0.15) is 0 Å². The molecule has 0 aromatic heterocycles. The Morgan fingerprint density at radius 2 is 2.00 bits per heavy atom. The summed E-state index contributed by atoms with van der Waals surface area (Å²) < 4.78 is 0. The third-order valence-corrected chi connectivity index (χ3v) is 2.39. The molecule has 0 aliphatic heterocycles. The van der Waals surface area contributed by atoms with Crippen molar-refractivity contribution in [2.75, 3.05) is 0 Å². The fourth-order valence-electron chi connectivity index (χ4n) is 1.28. The van der Waals surface area contributed by atoms with E-state index in [0.29, 0.717) is 0 Å². The van der Waals surface area contributed by atoms with Crippen LogP contribution in [0.25, 0.3) is 0 Å². The van der Waals surface area contributed by atoms with Gasteiger partial charge in [0.05, 0.1) is 0 Å². The minimum absolute atomic E-state index is 1.11. The highest BCUT2D eigenvalue weighted by Crippen LogP contribution is 2.27. The molecule has 0 atom stereocenters. The molecule has 0 bridgehead atoms. The predicted molar refractivity (Wildman–Crippen MR) is 50.5 cm³/mol. The van der Waals surface area contributed by atoms with E-state index in [0.717, 1.165) is 12.8 Å². The molecular weight excluding hydrogens is 132 g/mol. The summed E-state index contributed by atoms with van der Waals surface area (Å²) in [5.41, 5.74) is 5.69. The van der Waals surface area contributed by atoms with Crippen LogP contribution in [0.1, 0.15) is 33.6 Å². The molecule has 0 nitrogen and oxygen atoms in total. The van der Waals surface area contributed by atoms with Gasteiger partial charge in [-0.25, -0.2) is 0 Å². The van der Waals surface area contributed by atoms with E-state index in [9.17, 15) is 0 Å². The summed E-state index contributed by atoms with van der Waals surface area (Å²) in [6.45, 7) is 10.5. The van der Waals surface area contributed by atoms with Crippen molar-refractivity contribution >= 4 is 0 Å². The second kappa shape index (κ2) is 3.08. The first-order valence-electron chi connectivity index (χ1n) is 4.11. The van der Waals surface area contributed by atoms with Crippen LogP contribution in [0.5, 0.6) is 0 Å². The van der Waals surface area contributed by atoms with Gasteiger partial charge < -0.3 is 0 Å². The van der Waals surface area contributed by atoms with E-state index in [4.69, 9.17) is 0 Å². The van der Waals surface area contributed by atoms with Crippen LogP contribution in [0.2, 0.25) is 0 Å². The quantitative estimate of drug-likeness (QED) is 0.498. The van der Waals surface area contributed by atoms with Gasteiger partial charge in [-0.1, -0.05) is 29.4 Å². The minimum Gasteiger partial charge on any atom is -0.0958 e. The van der Waals surface area contributed by atoms with Gasteiger partial charge in [-0.05, 0) is 39.2 Å². The molecule has 0 saturated heterocycles. The lowest BCUT2D eigenvalue weighted by atomic mass is 9.90. The number of hydrogen-bond acceptors (Lipinski definition) is 0. The van der Waals surface area contributed by atoms with Gasteiger partial charge in [0.15, 0.2) is 0 Å². The lowest BCUT2D eigenvalue weighted by molar-refractivity contribution is 0.979. The van der Waals surface area contributed by atoms with Crippen LogP contribution < -0.4 is 0 Å². The molecule has 60 valence electrons. The zero-order chi connectivity index (χ0) is 8.43. The van der Waals surface area contributed by atoms with Crippen molar-refractivity contribution in [3.8, 4) is 0 Å². The second-order valence-electron chi connectivity index (χ2n) is 3.45. The highest BCUT2D eigenvalue weighted by Gasteiger charge is 2.07. The van der Waals surface area contributed by atoms with Crippen LogP contribution in [0.15, 0.2) is 34.9 Å². The van der Waals surface area contributed by atoms with Crippen LogP contribution in [-0.2, 0) is 0 Å². The molecule has 0 heteroatoms. The third kappa shape index (κ3) is 1.83. The standard InChI is InChI=1S/C11H16/c1-8(2)11-6-5-9(3)10(4)7-11/h6H,1,5,7H2,2-4H3. The van der Waals surface area contributed by atoms with Gasteiger partial charge in [0.25, 0.3) is 0 Å². The Morgan fingerprint density at radius 3 is 2.45 bits per heavy atom. The highest BCUT2D eigenvalue weighted by molar-refractivity contribution is 5.36. The Hall–Kier alpha value is -0.780. The van der Waals surface area contributed by atoms with Crippen LogP contribution in [0.3, 0.4) is 0 Å². The summed E-state index contributed by atoms with van der Waals surface area (Å²) in [6, 6.07) is 0. The number of rotatable bonds is 1. The van der Waals surface area contributed by atoms with Crippen molar-refractivity contribution in [2.45, 2.75) is 33.6 Å². The average Bonchev–Trinajstić information content (AvgIpc) is 1.94. The molecule has 0 radical (unpaired) electrons. The highest BCUT2D eigenvalue weighted by atomic mass is 14.1. The van der Waals surface area contributed by atoms with Gasteiger partial charge >= 0.3 is 0 Å². The zero-order valence-corrected chi connectivity index (χ0v) is 7.70. The van der Waals surface area contributed by atoms with E-state index < -0.39 is 0 Å². The first-order chi connectivity index (χ1) is 5.11. The molecule has 0 aromatic carbocycles. The molecule has 0 N–H and O–H groups in total. The maximum absolute atomic E-state index is 3.95. The minimum atomic E-state index is 1.11. The number of hydrogen-bond donors (Lipinski definition) is 0. The van der Waals surface area contributed by atoms with Crippen LogP contribution in [-0.4, -0.2) is 0 Å². The molecule has 0 saturated carbocycles. The van der Waals surface area contributed by atoms with Crippen LogP contribution in [0.4, 0.5) is 0 Å². The third-order valence-electron chi connectivity index (χ3n) is 2.39. The summed E-state index contributed by atoms with van der Waals surface area (Å²) >= 11 is 0. The van der Waals surface area contributed by atoms with E-state index in [-0.39, 0.29) is 0 Å². The fraction of sp³-hybridized carbons (Fsp3) is 0.455. The van der Waals surface area contributed by atoms with E-state index in [1.807, 2.05) is 0 Å². The molecule has 0 aromatic rings. The molecule has 0 fully saturated rings. The maximum atomic E-state index is 3.95. The van der Waals surface area contributed by atoms with E-state index in [1.54, 1.807) is 0 Å². The van der Waals surface area contributed by atoms with Crippen molar-refractivity contribution in [1.82, 2.24) is 0 Å². The molecule has 1 aliphatic rings. The summed E-state index contributed by atoms with van der Waals surface area (Å²) in [7, 11) is 0. The largest absolute Gasteiger partial charge is 0.0958 e. The molecule has 0 unspecified atom stereocenters. The normalized spacial score (nSPS) is 18.3. The maximum Gasteiger partial charge on any atom is -0.00678 e. The Labute approximate surface area is 69.3 Å².